The molecule has 0 bridgehead atoms. The van der Waals surface area contributed by atoms with Crippen LogP contribution in [0.4, 0.5) is 0 Å². The number of unbranched alkanes of at least 4 members (excludes halogenated alkanes) is 57. The average Bonchev–Trinajstić information content (AvgIpc) is 1.26. The van der Waals surface area contributed by atoms with Gasteiger partial charge in [-0.3, -0.25) is 37.3 Å². The van der Waals surface area contributed by atoms with Gasteiger partial charge in [0, 0.05) is 25.7 Å². The SMILES string of the molecule is CCCCCCCCCCCCCCCCCCCCC(=O)OC[C@H](COP(=O)(O)OC[C@@H](O)COP(=O)(O)OC[C@@H](COC(=O)CCCCCCCCCCC)OC(=O)CCCCCCCCCCCCCCCCCC)OC(=O)CCCCCCCCCCCCCCCCCCCC. The van der Waals surface area contributed by atoms with E-state index in [0.29, 0.717) is 25.7 Å². The van der Waals surface area contributed by atoms with Crippen molar-refractivity contribution in [2.45, 2.75) is 463 Å². The second-order valence-corrected chi connectivity index (χ2v) is 32.4. The number of ether oxygens (including phenoxy) is 4. The van der Waals surface area contributed by atoms with Crippen molar-refractivity contribution in [1.82, 2.24) is 0 Å². The van der Waals surface area contributed by atoms with Crippen molar-refractivity contribution >= 4 is 39.5 Å². The van der Waals surface area contributed by atoms with Crippen LogP contribution < -0.4 is 0 Å². The fraction of sp³-hybridized carbons (Fsp3) is 0.951. The smallest absolute Gasteiger partial charge is 0.462 e. The standard InChI is InChI=1S/C82H160O17P2/c1-5-9-13-17-21-25-28-31-34-37-39-42-44-47-51-55-59-63-67-80(85)93-73-78(99-82(87)69-65-61-57-53-49-46-43-40-38-35-32-29-26-22-18-14-10-6-2)75-97-101(90,91)95-71-76(83)70-94-100(88,89)96-74-77(72-92-79(84)66-62-58-54-50-24-20-16-12-8-4)98-81(86)68-64-60-56-52-48-45-41-36-33-30-27-23-19-15-11-7-3/h76-78,83H,5-75H2,1-4H3,(H,88,89)(H,90,91)/t76-,77+,78+/m0/s1. The van der Waals surface area contributed by atoms with E-state index in [9.17, 15) is 43.2 Å². The summed E-state index contributed by atoms with van der Waals surface area (Å²) in [6.07, 6.45) is 69.4. The third-order valence-electron chi connectivity index (χ3n) is 19.4. The highest BCUT2D eigenvalue weighted by Gasteiger charge is 2.30. The first kappa shape index (κ1) is 99.1. The zero-order chi connectivity index (χ0) is 73.9. The van der Waals surface area contributed by atoms with Crippen LogP contribution in [-0.4, -0.2) is 96.7 Å². The summed E-state index contributed by atoms with van der Waals surface area (Å²) in [6, 6.07) is 0. The number of phosphoric acid groups is 2. The van der Waals surface area contributed by atoms with Crippen molar-refractivity contribution in [3.8, 4) is 0 Å². The molecule has 600 valence electrons. The van der Waals surface area contributed by atoms with Crippen LogP contribution in [0.1, 0.15) is 445 Å². The molecule has 17 nitrogen and oxygen atoms in total. The third-order valence-corrected chi connectivity index (χ3v) is 21.3. The summed E-state index contributed by atoms with van der Waals surface area (Å²) >= 11 is 0. The Morgan fingerprint density at radius 1 is 0.238 bits per heavy atom. The number of carbonyl (C=O) groups is 4. The summed E-state index contributed by atoms with van der Waals surface area (Å²) in [5.41, 5.74) is 0. The fourth-order valence-corrected chi connectivity index (χ4v) is 14.4. The van der Waals surface area contributed by atoms with Crippen LogP contribution in [0.5, 0.6) is 0 Å². The maximum atomic E-state index is 13.1. The Morgan fingerprint density at radius 3 is 0.584 bits per heavy atom. The molecule has 0 aromatic carbocycles. The molecule has 5 atom stereocenters. The second kappa shape index (κ2) is 76.3. The fourth-order valence-electron chi connectivity index (χ4n) is 12.8. The molecule has 0 rings (SSSR count). The van der Waals surface area contributed by atoms with Gasteiger partial charge in [-0.15, -0.1) is 0 Å². The highest BCUT2D eigenvalue weighted by atomic mass is 31.2. The van der Waals surface area contributed by atoms with Gasteiger partial charge in [0.25, 0.3) is 0 Å². The van der Waals surface area contributed by atoms with E-state index in [1.165, 1.54) is 276 Å². The lowest BCUT2D eigenvalue weighted by Gasteiger charge is -2.21. The zero-order valence-corrected chi connectivity index (χ0v) is 67.7. The first-order valence-electron chi connectivity index (χ1n) is 42.8. The lowest BCUT2D eigenvalue weighted by Crippen LogP contribution is -2.30. The van der Waals surface area contributed by atoms with Crippen molar-refractivity contribution in [1.29, 1.82) is 0 Å². The van der Waals surface area contributed by atoms with Gasteiger partial charge in [0.15, 0.2) is 12.2 Å². The average molecular weight is 1480 g/mol. The Kier molecular flexibility index (Phi) is 74.8. The van der Waals surface area contributed by atoms with Gasteiger partial charge in [0.05, 0.1) is 26.4 Å². The van der Waals surface area contributed by atoms with E-state index in [4.69, 9.17) is 37.0 Å². The van der Waals surface area contributed by atoms with Crippen LogP contribution in [-0.2, 0) is 65.4 Å². The molecule has 0 aromatic heterocycles. The lowest BCUT2D eigenvalue weighted by atomic mass is 10.0. The maximum absolute atomic E-state index is 13.1. The van der Waals surface area contributed by atoms with Crippen LogP contribution in [0.15, 0.2) is 0 Å². The predicted molar refractivity (Wildman–Crippen MR) is 414 cm³/mol. The van der Waals surface area contributed by atoms with Crippen LogP contribution in [0, 0.1) is 0 Å². The van der Waals surface area contributed by atoms with E-state index in [2.05, 4.69) is 27.7 Å². The number of rotatable bonds is 83. The summed E-state index contributed by atoms with van der Waals surface area (Å²) in [5.74, 6) is -2.10. The monoisotopic (exact) mass is 1480 g/mol. The first-order chi connectivity index (χ1) is 49.2. The molecule has 0 saturated carbocycles. The van der Waals surface area contributed by atoms with Crippen LogP contribution in [0.25, 0.3) is 0 Å². The van der Waals surface area contributed by atoms with Crippen molar-refractivity contribution in [2.24, 2.45) is 0 Å². The Labute approximate surface area is 619 Å². The Balaban J connectivity index is 5.21. The van der Waals surface area contributed by atoms with E-state index in [-0.39, 0.29) is 25.7 Å². The third kappa shape index (κ3) is 76.1. The quantitative estimate of drug-likeness (QED) is 0.0222. The number of esters is 4. The van der Waals surface area contributed by atoms with Gasteiger partial charge in [-0.2, -0.15) is 0 Å². The van der Waals surface area contributed by atoms with E-state index in [0.717, 1.165) is 89.9 Å². The number of carbonyl (C=O) groups excluding carboxylic acids is 4. The number of aliphatic hydroxyl groups is 1. The molecule has 0 spiro atoms. The summed E-state index contributed by atoms with van der Waals surface area (Å²) < 4.78 is 68.7. The van der Waals surface area contributed by atoms with Crippen molar-refractivity contribution in [3.05, 3.63) is 0 Å². The van der Waals surface area contributed by atoms with E-state index in [1.807, 2.05) is 0 Å². The molecule has 0 aromatic rings. The second-order valence-electron chi connectivity index (χ2n) is 29.5. The molecule has 0 radical (unpaired) electrons. The van der Waals surface area contributed by atoms with Gasteiger partial charge in [-0.05, 0) is 25.7 Å². The molecular weight excluding hydrogens is 1320 g/mol. The molecule has 0 heterocycles. The van der Waals surface area contributed by atoms with Crippen molar-refractivity contribution < 1.29 is 80.2 Å². The minimum absolute atomic E-state index is 0.109. The molecule has 2 unspecified atom stereocenters. The molecule has 101 heavy (non-hydrogen) atoms. The summed E-state index contributed by atoms with van der Waals surface area (Å²) in [6.45, 7) is 5.02. The first-order valence-corrected chi connectivity index (χ1v) is 45.8. The summed E-state index contributed by atoms with van der Waals surface area (Å²) in [4.78, 5) is 73.0. The minimum Gasteiger partial charge on any atom is -0.462 e. The molecule has 0 saturated heterocycles. The van der Waals surface area contributed by atoms with Crippen molar-refractivity contribution in [2.75, 3.05) is 39.6 Å². The molecule has 0 amide bonds. The van der Waals surface area contributed by atoms with Gasteiger partial charge >= 0.3 is 39.5 Å². The highest BCUT2D eigenvalue weighted by molar-refractivity contribution is 7.47. The van der Waals surface area contributed by atoms with Crippen molar-refractivity contribution in [3.63, 3.8) is 0 Å². The topological polar surface area (TPSA) is 237 Å². The number of hydrogen-bond acceptors (Lipinski definition) is 15. The molecule has 0 aliphatic carbocycles. The van der Waals surface area contributed by atoms with Gasteiger partial charge in [-0.25, -0.2) is 9.13 Å². The zero-order valence-electron chi connectivity index (χ0n) is 65.9. The largest absolute Gasteiger partial charge is 0.472 e. The van der Waals surface area contributed by atoms with Gasteiger partial charge in [0.1, 0.15) is 19.3 Å². The van der Waals surface area contributed by atoms with Gasteiger partial charge in [-0.1, -0.05) is 394 Å². The summed E-state index contributed by atoms with van der Waals surface area (Å²) in [5, 5.41) is 10.6. The Bertz CT molecular complexity index is 1910. The van der Waals surface area contributed by atoms with Gasteiger partial charge in [0.2, 0.25) is 0 Å². The molecular formula is C82H160O17P2. The molecule has 0 aliphatic rings. The number of phosphoric ester groups is 2. The van der Waals surface area contributed by atoms with E-state index >= 15 is 0 Å². The number of aliphatic hydroxyl groups excluding tert-OH is 1. The van der Waals surface area contributed by atoms with Crippen LogP contribution in [0.3, 0.4) is 0 Å². The molecule has 19 heteroatoms. The minimum atomic E-state index is -4.96. The molecule has 3 N–H and O–H groups in total. The molecule has 0 fully saturated rings. The maximum Gasteiger partial charge on any atom is 0.472 e. The number of hydrogen-bond donors (Lipinski definition) is 3. The predicted octanol–water partition coefficient (Wildman–Crippen LogP) is 25.0. The normalized spacial score (nSPS) is 13.8. The lowest BCUT2D eigenvalue weighted by molar-refractivity contribution is -0.161. The van der Waals surface area contributed by atoms with E-state index in [1.54, 1.807) is 0 Å². The van der Waals surface area contributed by atoms with Crippen LogP contribution in [0.2, 0.25) is 0 Å². The Hall–Kier alpha value is -1.94. The highest BCUT2D eigenvalue weighted by Crippen LogP contribution is 2.45. The van der Waals surface area contributed by atoms with Crippen LogP contribution >= 0.6 is 15.6 Å². The van der Waals surface area contributed by atoms with Gasteiger partial charge < -0.3 is 33.8 Å². The molecule has 0 aliphatic heterocycles. The Morgan fingerprint density at radius 2 is 0.396 bits per heavy atom. The van der Waals surface area contributed by atoms with E-state index < -0.39 is 97.5 Å². The summed E-state index contributed by atoms with van der Waals surface area (Å²) in [7, 11) is -9.92.